The number of carbonyl (C=O) groups excluding carboxylic acids is 1. The van der Waals surface area contributed by atoms with E-state index in [9.17, 15) is 13.6 Å². The predicted molar refractivity (Wildman–Crippen MR) is 65.2 cm³/mol. The summed E-state index contributed by atoms with van der Waals surface area (Å²) in [5.74, 6) is -1.56. The highest BCUT2D eigenvalue weighted by Gasteiger charge is 2.13. The third kappa shape index (κ3) is 2.93. The van der Waals surface area contributed by atoms with Crippen LogP contribution in [0.1, 0.15) is 15.9 Å². The fraction of sp³-hybridized carbons (Fsp3) is 0.143. The molecule has 1 heterocycles. The Balaban J connectivity index is 2.20. The Kier molecular flexibility index (Phi) is 3.85. The first-order chi connectivity index (χ1) is 9.11. The second kappa shape index (κ2) is 5.56. The lowest BCUT2D eigenvalue weighted by molar-refractivity contribution is 0.0989. The molecule has 0 unspecified atom stereocenters. The van der Waals surface area contributed by atoms with Gasteiger partial charge >= 0.3 is 0 Å². The molecular formula is C14H11F2NO2. The third-order valence-corrected chi connectivity index (χ3v) is 2.65. The van der Waals surface area contributed by atoms with Crippen LogP contribution in [0.25, 0.3) is 0 Å². The van der Waals surface area contributed by atoms with Gasteiger partial charge in [0.15, 0.2) is 23.2 Å². The second-order valence-corrected chi connectivity index (χ2v) is 3.92. The van der Waals surface area contributed by atoms with Crippen molar-refractivity contribution in [2.75, 3.05) is 7.11 Å². The van der Waals surface area contributed by atoms with Crippen LogP contribution in [-0.4, -0.2) is 17.9 Å². The normalized spacial score (nSPS) is 10.3. The van der Waals surface area contributed by atoms with Crippen molar-refractivity contribution >= 4 is 5.78 Å². The summed E-state index contributed by atoms with van der Waals surface area (Å²) in [6.45, 7) is 0. The molecule has 0 bridgehead atoms. The highest BCUT2D eigenvalue weighted by Crippen LogP contribution is 2.19. The van der Waals surface area contributed by atoms with E-state index in [1.807, 2.05) is 0 Å². The monoisotopic (exact) mass is 263 g/mol. The summed E-state index contributed by atoms with van der Waals surface area (Å²) >= 11 is 0. The molecule has 0 N–H and O–H groups in total. The number of hydrogen-bond donors (Lipinski definition) is 0. The molecule has 0 aliphatic rings. The molecular weight excluding hydrogens is 252 g/mol. The van der Waals surface area contributed by atoms with E-state index in [2.05, 4.69) is 4.98 Å². The number of nitrogens with zero attached hydrogens (tertiary/aromatic N) is 1. The van der Waals surface area contributed by atoms with Crippen LogP contribution >= 0.6 is 0 Å². The first kappa shape index (κ1) is 13.1. The van der Waals surface area contributed by atoms with Crippen LogP contribution in [0.4, 0.5) is 8.78 Å². The number of methoxy groups -OCH3 is 1. The zero-order chi connectivity index (χ0) is 13.8. The zero-order valence-corrected chi connectivity index (χ0v) is 10.2. The highest BCUT2D eigenvalue weighted by molar-refractivity contribution is 5.97. The maximum atomic E-state index is 13.5. The number of ether oxygens (including phenoxy) is 1. The molecule has 98 valence electrons. The van der Waals surface area contributed by atoms with Crippen molar-refractivity contribution in [2.24, 2.45) is 0 Å². The van der Waals surface area contributed by atoms with Gasteiger partial charge in [-0.3, -0.25) is 9.78 Å². The Morgan fingerprint density at radius 1 is 1.26 bits per heavy atom. The number of aromatic nitrogens is 1. The molecule has 0 spiro atoms. The van der Waals surface area contributed by atoms with Crippen molar-refractivity contribution in [1.29, 1.82) is 0 Å². The lowest BCUT2D eigenvalue weighted by atomic mass is 10.0. The number of carbonyl (C=O) groups is 1. The Morgan fingerprint density at radius 3 is 2.68 bits per heavy atom. The molecule has 0 aliphatic heterocycles. The minimum atomic E-state index is -0.679. The quantitative estimate of drug-likeness (QED) is 0.796. The van der Waals surface area contributed by atoms with E-state index in [0.717, 1.165) is 6.20 Å². The van der Waals surface area contributed by atoms with E-state index >= 15 is 0 Å². The molecule has 0 saturated carbocycles. The van der Waals surface area contributed by atoms with Crippen molar-refractivity contribution < 1.29 is 18.3 Å². The molecule has 0 amide bonds. The molecule has 2 aromatic rings. The van der Waals surface area contributed by atoms with Crippen LogP contribution in [0.2, 0.25) is 0 Å². The van der Waals surface area contributed by atoms with Gasteiger partial charge in [0.1, 0.15) is 0 Å². The number of halogens is 2. The number of ketones is 1. The minimum Gasteiger partial charge on any atom is -0.494 e. The predicted octanol–water partition coefficient (Wildman–Crippen LogP) is 2.79. The molecule has 0 radical (unpaired) electrons. The summed E-state index contributed by atoms with van der Waals surface area (Å²) in [7, 11) is 1.36. The van der Waals surface area contributed by atoms with E-state index in [1.54, 1.807) is 6.07 Å². The van der Waals surface area contributed by atoms with E-state index in [4.69, 9.17) is 4.74 Å². The van der Waals surface area contributed by atoms with Crippen LogP contribution in [0.3, 0.4) is 0 Å². The van der Waals surface area contributed by atoms with E-state index in [-0.39, 0.29) is 17.7 Å². The largest absolute Gasteiger partial charge is 0.494 e. The summed E-state index contributed by atoms with van der Waals surface area (Å²) in [5, 5.41) is 0. The van der Waals surface area contributed by atoms with Crippen molar-refractivity contribution in [2.45, 2.75) is 6.42 Å². The highest BCUT2D eigenvalue weighted by atomic mass is 19.1. The molecule has 3 nitrogen and oxygen atoms in total. The van der Waals surface area contributed by atoms with Gasteiger partial charge in [-0.1, -0.05) is 6.07 Å². The Morgan fingerprint density at radius 2 is 2.05 bits per heavy atom. The molecule has 0 atom stereocenters. The first-order valence-corrected chi connectivity index (χ1v) is 5.57. The first-order valence-electron chi connectivity index (χ1n) is 5.57. The van der Waals surface area contributed by atoms with Crippen LogP contribution in [0, 0.1) is 11.6 Å². The Bertz CT molecular complexity index is 614. The van der Waals surface area contributed by atoms with Gasteiger partial charge in [0.25, 0.3) is 0 Å². The fourth-order valence-electron chi connectivity index (χ4n) is 1.70. The summed E-state index contributed by atoms with van der Waals surface area (Å²) in [6.07, 6.45) is 2.23. The standard InChI is InChI=1S/C14H11F2NO2/c1-19-14-3-2-9(6-11(14)15)7-13(18)10-4-5-17-8-12(10)16/h2-6,8H,7H2,1H3. The van der Waals surface area contributed by atoms with Crippen LogP contribution in [0.15, 0.2) is 36.7 Å². The van der Waals surface area contributed by atoms with Crippen LogP contribution < -0.4 is 4.74 Å². The van der Waals surface area contributed by atoms with Gasteiger partial charge in [0.2, 0.25) is 0 Å². The number of pyridine rings is 1. The lowest BCUT2D eigenvalue weighted by Gasteiger charge is -2.05. The minimum absolute atomic E-state index is 0.0498. The maximum Gasteiger partial charge on any atom is 0.170 e. The van der Waals surface area contributed by atoms with Gasteiger partial charge in [-0.15, -0.1) is 0 Å². The van der Waals surface area contributed by atoms with E-state index in [0.29, 0.717) is 5.56 Å². The average Bonchev–Trinajstić information content (AvgIpc) is 2.39. The molecule has 0 fully saturated rings. The smallest absolute Gasteiger partial charge is 0.170 e. The molecule has 2 rings (SSSR count). The SMILES string of the molecule is COc1ccc(CC(=O)c2ccncc2F)cc1F. The summed E-state index contributed by atoms with van der Waals surface area (Å²) < 4.78 is 31.6. The van der Waals surface area contributed by atoms with E-state index in [1.165, 1.54) is 31.5 Å². The fourth-order valence-corrected chi connectivity index (χ4v) is 1.70. The molecule has 0 aliphatic carbocycles. The second-order valence-electron chi connectivity index (χ2n) is 3.92. The van der Waals surface area contributed by atoms with Gasteiger partial charge < -0.3 is 4.74 Å². The summed E-state index contributed by atoms with van der Waals surface area (Å²) in [4.78, 5) is 15.4. The molecule has 1 aromatic carbocycles. The maximum absolute atomic E-state index is 13.5. The third-order valence-electron chi connectivity index (χ3n) is 2.65. The number of hydrogen-bond acceptors (Lipinski definition) is 3. The van der Waals surface area contributed by atoms with Crippen molar-refractivity contribution in [3.63, 3.8) is 0 Å². The van der Waals surface area contributed by atoms with Crippen molar-refractivity contribution in [1.82, 2.24) is 4.98 Å². The molecule has 0 saturated heterocycles. The summed E-state index contributed by atoms with van der Waals surface area (Å²) in [6, 6.07) is 5.51. The van der Waals surface area contributed by atoms with Crippen molar-refractivity contribution in [3.8, 4) is 5.75 Å². The van der Waals surface area contributed by atoms with Gasteiger partial charge in [-0.25, -0.2) is 8.78 Å². The van der Waals surface area contributed by atoms with Crippen LogP contribution in [0.5, 0.6) is 5.75 Å². The topological polar surface area (TPSA) is 39.2 Å². The Labute approximate surface area is 108 Å². The van der Waals surface area contributed by atoms with Gasteiger partial charge in [-0.05, 0) is 23.8 Å². The van der Waals surface area contributed by atoms with Crippen LogP contribution in [-0.2, 0) is 6.42 Å². The average molecular weight is 263 g/mol. The van der Waals surface area contributed by atoms with Gasteiger partial charge in [0.05, 0.1) is 18.9 Å². The number of rotatable bonds is 4. The molecule has 5 heteroatoms. The lowest BCUT2D eigenvalue weighted by Crippen LogP contribution is -2.06. The summed E-state index contributed by atoms with van der Waals surface area (Å²) in [5.41, 5.74) is 0.408. The van der Waals surface area contributed by atoms with Gasteiger partial charge in [-0.2, -0.15) is 0 Å². The van der Waals surface area contributed by atoms with Crippen molar-refractivity contribution in [3.05, 3.63) is 59.4 Å². The van der Waals surface area contributed by atoms with E-state index < -0.39 is 17.4 Å². The number of benzene rings is 1. The zero-order valence-electron chi connectivity index (χ0n) is 10.2. The number of Topliss-reactive ketones (excluding diaryl/α,β-unsaturated/α-hetero) is 1. The van der Waals surface area contributed by atoms with Gasteiger partial charge in [0, 0.05) is 12.6 Å². The molecule has 19 heavy (non-hydrogen) atoms. The molecule has 1 aromatic heterocycles. The Hall–Kier alpha value is -2.30.